The number of aromatic amines is 1. The zero-order valence-electron chi connectivity index (χ0n) is 7.92. The largest absolute Gasteiger partial charge is 0.320 e. The number of amides is 1. The van der Waals surface area contributed by atoms with Gasteiger partial charge in [0.2, 0.25) is 0 Å². The van der Waals surface area contributed by atoms with Gasteiger partial charge in [0.1, 0.15) is 0 Å². The average Bonchev–Trinajstić information content (AvgIpc) is 2.53. The Morgan fingerprint density at radius 3 is 2.86 bits per heavy atom. The zero-order chi connectivity index (χ0) is 9.97. The maximum absolute atomic E-state index is 11.6. The summed E-state index contributed by atoms with van der Waals surface area (Å²) in [4.78, 5) is 11.6. The van der Waals surface area contributed by atoms with Gasteiger partial charge in [0.15, 0.2) is 0 Å². The van der Waals surface area contributed by atoms with Crippen LogP contribution in [0.4, 0.5) is 5.69 Å². The molecule has 1 aromatic heterocycles. The topological polar surface area (TPSA) is 69.8 Å². The molecule has 1 aromatic rings. The third-order valence-electron chi connectivity index (χ3n) is 2.30. The molecule has 5 nitrogen and oxygen atoms in total. The second kappa shape index (κ2) is 3.63. The number of nitrogens with zero attached hydrogens (tertiary/aromatic N) is 1. The highest BCUT2D eigenvalue weighted by Crippen LogP contribution is 2.11. The smallest absolute Gasteiger partial charge is 0.251 e. The van der Waals surface area contributed by atoms with Crippen molar-refractivity contribution in [3.8, 4) is 0 Å². The van der Waals surface area contributed by atoms with Gasteiger partial charge in [0, 0.05) is 24.9 Å². The van der Waals surface area contributed by atoms with Crippen LogP contribution >= 0.6 is 0 Å². The van der Waals surface area contributed by atoms with E-state index in [1.807, 2.05) is 6.92 Å². The van der Waals surface area contributed by atoms with Crippen molar-refractivity contribution in [2.45, 2.75) is 6.92 Å². The lowest BCUT2D eigenvalue weighted by Crippen LogP contribution is -2.36. The Bertz CT molecular complexity index is 360. The Morgan fingerprint density at radius 1 is 1.57 bits per heavy atom. The van der Waals surface area contributed by atoms with Gasteiger partial charge in [0.25, 0.3) is 5.91 Å². The Morgan fingerprint density at radius 2 is 2.36 bits per heavy atom. The first-order valence-corrected chi connectivity index (χ1v) is 4.47. The van der Waals surface area contributed by atoms with Crippen molar-refractivity contribution in [2.24, 2.45) is 0 Å². The first-order valence-electron chi connectivity index (χ1n) is 4.47. The van der Waals surface area contributed by atoms with Gasteiger partial charge in [-0.15, -0.1) is 0 Å². The Labute approximate surface area is 81.6 Å². The highest BCUT2D eigenvalue weighted by molar-refractivity contribution is 6.03. The second-order valence-corrected chi connectivity index (χ2v) is 3.27. The van der Waals surface area contributed by atoms with Gasteiger partial charge >= 0.3 is 0 Å². The number of carbonyl (C=O) groups excluding carboxylic acids is 1. The van der Waals surface area contributed by atoms with Crippen LogP contribution in [0, 0.1) is 0 Å². The molecule has 74 valence electrons. The maximum atomic E-state index is 11.6. The van der Waals surface area contributed by atoms with Crippen LogP contribution in [-0.4, -0.2) is 29.2 Å². The summed E-state index contributed by atoms with van der Waals surface area (Å²) in [6, 6.07) is 0. The van der Waals surface area contributed by atoms with Crippen molar-refractivity contribution in [2.75, 3.05) is 18.4 Å². The molecule has 0 spiro atoms. The first kappa shape index (κ1) is 8.96. The molecule has 0 saturated carbocycles. The fourth-order valence-electron chi connectivity index (χ4n) is 1.22. The van der Waals surface area contributed by atoms with Crippen molar-refractivity contribution in [1.82, 2.24) is 15.5 Å². The molecule has 0 radical (unpaired) electrons. The summed E-state index contributed by atoms with van der Waals surface area (Å²) in [5.74, 6) is -0.0529. The average molecular weight is 192 g/mol. The molecular weight excluding hydrogens is 180 g/mol. The normalized spacial score (nSPS) is 14.8. The molecule has 1 aliphatic heterocycles. The van der Waals surface area contributed by atoms with Gasteiger partial charge in [-0.1, -0.05) is 0 Å². The fourth-order valence-corrected chi connectivity index (χ4v) is 1.22. The Hall–Kier alpha value is -1.62. The number of hydrogen-bond acceptors (Lipinski definition) is 3. The minimum atomic E-state index is -0.0529. The van der Waals surface area contributed by atoms with Gasteiger partial charge in [0.05, 0.1) is 11.9 Å². The van der Waals surface area contributed by atoms with Crippen LogP contribution in [0.1, 0.15) is 6.92 Å². The molecule has 0 unspecified atom stereocenters. The van der Waals surface area contributed by atoms with Gasteiger partial charge in [-0.25, -0.2) is 0 Å². The summed E-state index contributed by atoms with van der Waals surface area (Å²) in [6.45, 7) is 3.49. The van der Waals surface area contributed by atoms with Crippen molar-refractivity contribution >= 4 is 11.6 Å². The molecule has 0 bridgehead atoms. The van der Waals surface area contributed by atoms with E-state index in [2.05, 4.69) is 20.8 Å². The van der Waals surface area contributed by atoms with E-state index in [1.165, 1.54) is 5.57 Å². The second-order valence-electron chi connectivity index (χ2n) is 3.27. The third-order valence-corrected chi connectivity index (χ3v) is 2.30. The zero-order valence-corrected chi connectivity index (χ0v) is 7.92. The van der Waals surface area contributed by atoms with Crippen LogP contribution in [0.25, 0.3) is 0 Å². The van der Waals surface area contributed by atoms with Crippen LogP contribution < -0.4 is 10.6 Å². The van der Waals surface area contributed by atoms with E-state index in [0.717, 1.165) is 18.7 Å². The number of carbonyl (C=O) groups is 1. The summed E-state index contributed by atoms with van der Waals surface area (Å²) in [7, 11) is 0. The monoisotopic (exact) mass is 192 g/mol. The van der Waals surface area contributed by atoms with Gasteiger partial charge in [-0.2, -0.15) is 5.10 Å². The van der Waals surface area contributed by atoms with Crippen molar-refractivity contribution in [3.05, 3.63) is 23.5 Å². The lowest BCUT2D eigenvalue weighted by atomic mass is 10.0. The highest BCUT2D eigenvalue weighted by Gasteiger charge is 2.15. The van der Waals surface area contributed by atoms with Crippen molar-refractivity contribution in [3.63, 3.8) is 0 Å². The van der Waals surface area contributed by atoms with E-state index < -0.39 is 0 Å². The summed E-state index contributed by atoms with van der Waals surface area (Å²) in [5, 5.41) is 12.2. The Balaban J connectivity index is 2.02. The molecule has 1 saturated heterocycles. The highest BCUT2D eigenvalue weighted by atomic mass is 16.1. The van der Waals surface area contributed by atoms with Crippen LogP contribution in [0.2, 0.25) is 0 Å². The van der Waals surface area contributed by atoms with Crippen molar-refractivity contribution in [1.29, 1.82) is 0 Å². The van der Waals surface area contributed by atoms with Crippen LogP contribution in [-0.2, 0) is 4.79 Å². The summed E-state index contributed by atoms with van der Waals surface area (Å²) >= 11 is 0. The summed E-state index contributed by atoms with van der Waals surface area (Å²) in [5.41, 5.74) is 2.66. The lowest BCUT2D eigenvalue weighted by Gasteiger charge is -2.21. The number of aromatic nitrogens is 2. The fraction of sp³-hybridized carbons (Fsp3) is 0.333. The van der Waals surface area contributed by atoms with E-state index in [1.54, 1.807) is 12.4 Å². The molecule has 0 aliphatic carbocycles. The third kappa shape index (κ3) is 1.67. The number of nitrogens with one attached hydrogen (secondary N) is 3. The number of hydrogen-bond donors (Lipinski definition) is 3. The number of anilines is 1. The van der Waals surface area contributed by atoms with E-state index in [4.69, 9.17) is 0 Å². The SMILES string of the molecule is CC(C(=O)Nc1cn[nH]c1)=C1CNC1. The van der Waals surface area contributed by atoms with E-state index in [9.17, 15) is 4.79 Å². The predicted octanol–water partition coefficient (Wildman–Crippen LogP) is 0.268. The van der Waals surface area contributed by atoms with Gasteiger partial charge in [-0.3, -0.25) is 9.89 Å². The molecule has 3 N–H and O–H groups in total. The standard InChI is InChI=1S/C9H12N4O/c1-6(7-2-10-3-7)9(14)13-8-4-11-12-5-8/h4-5,10H,2-3H2,1H3,(H,11,12)(H,13,14). The molecule has 2 rings (SSSR count). The maximum Gasteiger partial charge on any atom is 0.251 e. The minimum Gasteiger partial charge on any atom is -0.320 e. The molecule has 0 atom stereocenters. The number of H-pyrrole nitrogens is 1. The van der Waals surface area contributed by atoms with Crippen LogP contribution in [0.3, 0.4) is 0 Å². The predicted molar refractivity (Wildman–Crippen MR) is 52.8 cm³/mol. The molecule has 2 heterocycles. The summed E-state index contributed by atoms with van der Waals surface area (Å²) < 4.78 is 0. The van der Waals surface area contributed by atoms with Crippen LogP contribution in [0.5, 0.6) is 0 Å². The number of rotatable bonds is 2. The molecule has 1 amide bonds. The first-order chi connectivity index (χ1) is 6.77. The van der Waals surface area contributed by atoms with E-state index >= 15 is 0 Å². The van der Waals surface area contributed by atoms with E-state index in [0.29, 0.717) is 5.69 Å². The molecule has 14 heavy (non-hydrogen) atoms. The lowest BCUT2D eigenvalue weighted by molar-refractivity contribution is -0.112. The van der Waals surface area contributed by atoms with E-state index in [-0.39, 0.29) is 5.91 Å². The van der Waals surface area contributed by atoms with Gasteiger partial charge < -0.3 is 10.6 Å². The minimum absolute atomic E-state index is 0.0529. The molecular formula is C9H12N4O. The summed E-state index contributed by atoms with van der Waals surface area (Å²) in [6.07, 6.45) is 3.23. The van der Waals surface area contributed by atoms with Crippen molar-refractivity contribution < 1.29 is 4.79 Å². The molecule has 0 aromatic carbocycles. The Kier molecular flexibility index (Phi) is 2.32. The van der Waals surface area contributed by atoms with Crippen LogP contribution in [0.15, 0.2) is 23.5 Å². The molecule has 5 heteroatoms. The quantitative estimate of drug-likeness (QED) is 0.589. The molecule has 1 fully saturated rings. The van der Waals surface area contributed by atoms with Gasteiger partial charge in [-0.05, 0) is 12.5 Å². The molecule has 1 aliphatic rings.